The van der Waals surface area contributed by atoms with Crippen molar-refractivity contribution >= 4 is 0 Å². The fourth-order valence-electron chi connectivity index (χ4n) is 2.69. The van der Waals surface area contributed by atoms with Gasteiger partial charge in [-0.15, -0.1) is 0 Å². The van der Waals surface area contributed by atoms with E-state index in [4.69, 9.17) is 9.97 Å². The molecule has 0 saturated heterocycles. The number of benzene rings is 1. The van der Waals surface area contributed by atoms with Crippen LogP contribution in [0.4, 0.5) is 0 Å². The van der Waals surface area contributed by atoms with Crippen molar-refractivity contribution in [2.45, 2.75) is 59.3 Å². The van der Waals surface area contributed by atoms with Crippen LogP contribution >= 0.6 is 0 Å². The Morgan fingerprint density at radius 2 is 1.14 bits per heavy atom. The Morgan fingerprint density at radius 3 is 1.52 bits per heavy atom. The second kappa shape index (κ2) is 6.38. The molecule has 0 amide bonds. The molecule has 2 nitrogen and oxygen atoms in total. The van der Waals surface area contributed by atoms with Crippen LogP contribution in [0.25, 0.3) is 11.4 Å². The predicted octanol–water partition coefficient (Wildman–Crippen LogP) is 5.51. The van der Waals surface area contributed by atoms with Crippen LogP contribution in [-0.2, 0) is 0 Å². The Balaban J connectivity index is 2.71. The summed E-state index contributed by atoms with van der Waals surface area (Å²) in [4.78, 5) is 9.79. The first-order chi connectivity index (χ1) is 9.91. The second-order valence-corrected chi connectivity index (χ2v) is 6.56. The molecule has 2 aromatic rings. The molecule has 1 aromatic heterocycles. The van der Waals surface area contributed by atoms with E-state index in [2.05, 4.69) is 53.7 Å². The molecular weight excluding hydrogens is 256 g/mol. The Morgan fingerprint density at radius 1 is 0.667 bits per heavy atom. The summed E-state index contributed by atoms with van der Waals surface area (Å²) >= 11 is 0. The minimum atomic E-state index is 0.408. The second-order valence-electron chi connectivity index (χ2n) is 6.56. The lowest BCUT2D eigenvalue weighted by Gasteiger charge is -2.22. The maximum Gasteiger partial charge on any atom is 0.159 e. The molecule has 0 aliphatic carbocycles. The van der Waals surface area contributed by atoms with Gasteiger partial charge in [-0.3, -0.25) is 0 Å². The summed E-state index contributed by atoms with van der Waals surface area (Å²) in [6, 6.07) is 10.3. The summed E-state index contributed by atoms with van der Waals surface area (Å²) in [5, 5.41) is 0. The van der Waals surface area contributed by atoms with Crippen molar-refractivity contribution in [1.82, 2.24) is 9.97 Å². The highest BCUT2D eigenvalue weighted by Gasteiger charge is 2.21. The summed E-state index contributed by atoms with van der Waals surface area (Å²) in [7, 11) is 0. The van der Waals surface area contributed by atoms with E-state index in [9.17, 15) is 0 Å². The van der Waals surface area contributed by atoms with E-state index in [1.165, 1.54) is 17.0 Å². The highest BCUT2D eigenvalue weighted by atomic mass is 14.9. The summed E-state index contributed by atoms with van der Waals surface area (Å²) in [5.41, 5.74) is 4.82. The molecule has 0 saturated carbocycles. The van der Waals surface area contributed by atoms with Gasteiger partial charge >= 0.3 is 0 Å². The maximum atomic E-state index is 4.90. The third kappa shape index (κ3) is 3.31. The molecule has 0 spiro atoms. The first kappa shape index (κ1) is 15.7. The van der Waals surface area contributed by atoms with Crippen molar-refractivity contribution in [2.24, 2.45) is 0 Å². The third-order valence-corrected chi connectivity index (χ3v) is 3.71. The molecule has 0 radical (unpaired) electrons. The molecule has 0 aliphatic rings. The zero-order chi connectivity index (χ0) is 15.6. The van der Waals surface area contributed by atoms with Gasteiger partial charge in [0.05, 0.1) is 11.4 Å². The summed E-state index contributed by atoms with van der Waals surface area (Å²) < 4.78 is 0. The minimum Gasteiger partial charge on any atom is -0.233 e. The first-order valence-corrected chi connectivity index (χ1v) is 7.89. The first-order valence-electron chi connectivity index (χ1n) is 7.89. The third-order valence-electron chi connectivity index (χ3n) is 3.71. The largest absolute Gasteiger partial charge is 0.233 e. The van der Waals surface area contributed by atoms with Gasteiger partial charge in [0.1, 0.15) is 0 Å². The van der Waals surface area contributed by atoms with Gasteiger partial charge in [0, 0.05) is 5.56 Å². The standard InChI is InChI=1S/C19H26N2/c1-12(2)16-17(13(3)4)20-19(21-18(16)14(5)6)15-10-8-7-9-11-15/h7-14H,1-6H3. The van der Waals surface area contributed by atoms with E-state index in [0.717, 1.165) is 11.4 Å². The average Bonchev–Trinajstić information content (AvgIpc) is 2.46. The Hall–Kier alpha value is -1.70. The van der Waals surface area contributed by atoms with Crippen molar-refractivity contribution in [3.05, 3.63) is 47.3 Å². The zero-order valence-corrected chi connectivity index (χ0v) is 14.0. The number of hydrogen-bond donors (Lipinski definition) is 0. The van der Waals surface area contributed by atoms with Gasteiger partial charge in [0.15, 0.2) is 5.82 Å². The Kier molecular flexibility index (Phi) is 4.76. The normalized spacial score (nSPS) is 11.7. The fraction of sp³-hybridized carbons (Fsp3) is 0.474. The molecule has 112 valence electrons. The highest BCUT2D eigenvalue weighted by molar-refractivity contribution is 5.56. The van der Waals surface area contributed by atoms with Crippen LogP contribution < -0.4 is 0 Å². The summed E-state index contributed by atoms with van der Waals surface area (Å²) in [6.45, 7) is 13.3. The van der Waals surface area contributed by atoms with Gasteiger partial charge < -0.3 is 0 Å². The summed E-state index contributed by atoms with van der Waals surface area (Å²) in [5.74, 6) is 2.12. The van der Waals surface area contributed by atoms with Crippen LogP contribution in [0.3, 0.4) is 0 Å². The molecule has 0 aliphatic heterocycles. The minimum absolute atomic E-state index is 0.408. The number of aromatic nitrogens is 2. The molecule has 0 unspecified atom stereocenters. The average molecular weight is 282 g/mol. The van der Waals surface area contributed by atoms with E-state index in [-0.39, 0.29) is 0 Å². The maximum absolute atomic E-state index is 4.90. The molecule has 0 fully saturated rings. The van der Waals surface area contributed by atoms with Gasteiger partial charge in [-0.2, -0.15) is 0 Å². The molecule has 1 aromatic carbocycles. The van der Waals surface area contributed by atoms with Gasteiger partial charge in [-0.1, -0.05) is 71.9 Å². The van der Waals surface area contributed by atoms with Crippen molar-refractivity contribution in [3.63, 3.8) is 0 Å². The summed E-state index contributed by atoms with van der Waals surface area (Å²) in [6.07, 6.45) is 0. The van der Waals surface area contributed by atoms with E-state index < -0.39 is 0 Å². The smallest absolute Gasteiger partial charge is 0.159 e. The van der Waals surface area contributed by atoms with Crippen LogP contribution in [0.2, 0.25) is 0 Å². The topological polar surface area (TPSA) is 25.8 Å². The Bertz CT molecular complexity index is 569. The van der Waals surface area contributed by atoms with Crippen LogP contribution in [0.1, 0.15) is 76.2 Å². The molecule has 0 atom stereocenters. The van der Waals surface area contributed by atoms with Crippen LogP contribution in [-0.4, -0.2) is 9.97 Å². The van der Waals surface area contributed by atoms with Crippen molar-refractivity contribution in [3.8, 4) is 11.4 Å². The molecular formula is C19H26N2. The SMILES string of the molecule is CC(C)c1nc(-c2ccccc2)nc(C(C)C)c1C(C)C. The molecule has 2 rings (SSSR count). The molecule has 0 N–H and O–H groups in total. The lowest BCUT2D eigenvalue weighted by atomic mass is 9.89. The van der Waals surface area contributed by atoms with E-state index >= 15 is 0 Å². The highest BCUT2D eigenvalue weighted by Crippen LogP contribution is 2.32. The van der Waals surface area contributed by atoms with Crippen molar-refractivity contribution < 1.29 is 0 Å². The zero-order valence-electron chi connectivity index (χ0n) is 14.0. The molecule has 2 heteroatoms. The van der Waals surface area contributed by atoms with E-state index in [0.29, 0.717) is 17.8 Å². The van der Waals surface area contributed by atoms with Crippen molar-refractivity contribution in [1.29, 1.82) is 0 Å². The van der Waals surface area contributed by atoms with E-state index in [1.807, 2.05) is 18.2 Å². The van der Waals surface area contributed by atoms with Crippen LogP contribution in [0.5, 0.6) is 0 Å². The van der Waals surface area contributed by atoms with Gasteiger partial charge in [0.2, 0.25) is 0 Å². The number of rotatable bonds is 4. The lowest BCUT2D eigenvalue weighted by molar-refractivity contribution is 0.699. The van der Waals surface area contributed by atoms with Crippen LogP contribution in [0.15, 0.2) is 30.3 Å². The monoisotopic (exact) mass is 282 g/mol. The van der Waals surface area contributed by atoms with E-state index in [1.54, 1.807) is 0 Å². The van der Waals surface area contributed by atoms with Crippen molar-refractivity contribution in [2.75, 3.05) is 0 Å². The number of nitrogens with zero attached hydrogens (tertiary/aromatic N) is 2. The molecule has 0 bridgehead atoms. The van der Waals surface area contributed by atoms with Crippen LogP contribution in [0, 0.1) is 0 Å². The number of hydrogen-bond acceptors (Lipinski definition) is 2. The van der Waals surface area contributed by atoms with Gasteiger partial charge in [0.25, 0.3) is 0 Å². The van der Waals surface area contributed by atoms with Gasteiger partial charge in [-0.25, -0.2) is 9.97 Å². The van der Waals surface area contributed by atoms with Gasteiger partial charge in [-0.05, 0) is 23.3 Å². The lowest BCUT2D eigenvalue weighted by Crippen LogP contribution is -2.12. The quantitative estimate of drug-likeness (QED) is 0.738. The molecule has 21 heavy (non-hydrogen) atoms. The molecule has 1 heterocycles. The fourth-order valence-corrected chi connectivity index (χ4v) is 2.69. The predicted molar refractivity (Wildman–Crippen MR) is 89.7 cm³/mol. The Labute approximate surface area is 128 Å².